The number of aromatic amines is 1. The van der Waals surface area contributed by atoms with Crippen LogP contribution in [0.4, 0.5) is 0 Å². The van der Waals surface area contributed by atoms with Crippen LogP contribution in [0, 0.1) is 0 Å². The highest BCUT2D eigenvalue weighted by molar-refractivity contribution is 5.90. The van der Waals surface area contributed by atoms with Gasteiger partial charge in [0.1, 0.15) is 5.82 Å². The third-order valence-corrected chi connectivity index (χ3v) is 2.93. The van der Waals surface area contributed by atoms with Crippen LogP contribution >= 0.6 is 0 Å². The number of hydrogen-bond donors (Lipinski definition) is 3. The summed E-state index contributed by atoms with van der Waals surface area (Å²) in [5, 5.41) is 9.39. The summed E-state index contributed by atoms with van der Waals surface area (Å²) in [4.78, 5) is 16.0. The molecule has 0 saturated carbocycles. The Bertz CT molecular complexity index is 552. The van der Waals surface area contributed by atoms with E-state index in [-0.39, 0.29) is 17.8 Å². The predicted molar refractivity (Wildman–Crippen MR) is 76.1 cm³/mol. The lowest BCUT2D eigenvalue weighted by Gasteiger charge is -2.12. The van der Waals surface area contributed by atoms with Gasteiger partial charge in [-0.1, -0.05) is 37.3 Å². The lowest BCUT2D eigenvalue weighted by Crippen LogP contribution is -2.32. The Morgan fingerprint density at radius 2 is 2.15 bits per heavy atom. The van der Waals surface area contributed by atoms with Crippen LogP contribution < -0.4 is 11.1 Å². The lowest BCUT2D eigenvalue weighted by atomic mass is 10.1. The van der Waals surface area contributed by atoms with Crippen molar-refractivity contribution < 1.29 is 4.79 Å². The maximum absolute atomic E-state index is 11.9. The number of nitrogens with two attached hydrogens (primary N) is 1. The SMILES string of the molecule is CCCc1nc(C(=O)NCC(N)c2ccccc2)n[nH]1. The fourth-order valence-electron chi connectivity index (χ4n) is 1.85. The molecule has 0 aliphatic rings. The molecule has 1 aromatic heterocycles. The molecule has 0 aliphatic carbocycles. The second kappa shape index (κ2) is 6.81. The topological polar surface area (TPSA) is 96.7 Å². The molecule has 1 atom stereocenters. The van der Waals surface area contributed by atoms with Gasteiger partial charge >= 0.3 is 0 Å². The number of nitrogens with one attached hydrogen (secondary N) is 2. The van der Waals surface area contributed by atoms with E-state index >= 15 is 0 Å². The molecule has 20 heavy (non-hydrogen) atoms. The van der Waals surface area contributed by atoms with E-state index in [0.29, 0.717) is 6.54 Å². The van der Waals surface area contributed by atoms with Crippen molar-refractivity contribution >= 4 is 5.91 Å². The first kappa shape index (κ1) is 14.2. The molecule has 0 fully saturated rings. The molecule has 0 bridgehead atoms. The highest BCUT2D eigenvalue weighted by Crippen LogP contribution is 2.08. The molecule has 106 valence electrons. The van der Waals surface area contributed by atoms with Crippen LogP contribution in [-0.4, -0.2) is 27.6 Å². The zero-order valence-corrected chi connectivity index (χ0v) is 11.5. The van der Waals surface area contributed by atoms with E-state index in [4.69, 9.17) is 5.73 Å². The van der Waals surface area contributed by atoms with E-state index in [9.17, 15) is 4.79 Å². The standard InChI is InChI=1S/C14H19N5O/c1-2-6-12-17-13(19-18-12)14(20)16-9-11(15)10-7-4-3-5-8-10/h3-5,7-8,11H,2,6,9,15H2,1H3,(H,16,20)(H,17,18,19). The number of aryl methyl sites for hydroxylation is 1. The Hall–Kier alpha value is -2.21. The third kappa shape index (κ3) is 3.64. The molecule has 1 heterocycles. The lowest BCUT2D eigenvalue weighted by molar-refractivity contribution is 0.0941. The molecule has 0 radical (unpaired) electrons. The molecule has 6 nitrogen and oxygen atoms in total. The van der Waals surface area contributed by atoms with E-state index in [1.807, 2.05) is 37.3 Å². The molecule has 1 amide bonds. The molecular weight excluding hydrogens is 254 g/mol. The van der Waals surface area contributed by atoms with Gasteiger partial charge in [0.05, 0.1) is 0 Å². The van der Waals surface area contributed by atoms with Crippen molar-refractivity contribution in [3.8, 4) is 0 Å². The number of aromatic nitrogens is 3. The molecule has 0 aliphatic heterocycles. The summed E-state index contributed by atoms with van der Waals surface area (Å²) in [7, 11) is 0. The summed E-state index contributed by atoms with van der Waals surface area (Å²) in [5.74, 6) is 0.578. The van der Waals surface area contributed by atoms with Gasteiger partial charge in [-0.15, -0.1) is 5.10 Å². The zero-order chi connectivity index (χ0) is 14.4. The molecule has 2 rings (SSSR count). The van der Waals surface area contributed by atoms with Crippen LogP contribution in [0.3, 0.4) is 0 Å². The molecule has 1 aromatic carbocycles. The summed E-state index contributed by atoms with van der Waals surface area (Å²) in [6, 6.07) is 9.39. The summed E-state index contributed by atoms with van der Waals surface area (Å²) in [5.41, 5.74) is 6.99. The number of carbonyl (C=O) groups is 1. The highest BCUT2D eigenvalue weighted by atomic mass is 16.2. The van der Waals surface area contributed by atoms with E-state index in [0.717, 1.165) is 24.2 Å². The smallest absolute Gasteiger partial charge is 0.291 e. The molecule has 4 N–H and O–H groups in total. The monoisotopic (exact) mass is 273 g/mol. The van der Waals surface area contributed by atoms with Gasteiger partial charge < -0.3 is 11.1 Å². The summed E-state index contributed by atoms with van der Waals surface area (Å²) in [6.07, 6.45) is 1.74. The van der Waals surface area contributed by atoms with Gasteiger partial charge in [0.2, 0.25) is 5.82 Å². The second-order valence-electron chi connectivity index (χ2n) is 4.58. The Kier molecular flexibility index (Phi) is 4.84. The first-order valence-electron chi connectivity index (χ1n) is 6.70. The van der Waals surface area contributed by atoms with Gasteiger partial charge in [0.15, 0.2) is 0 Å². The Morgan fingerprint density at radius 1 is 1.40 bits per heavy atom. The first-order valence-corrected chi connectivity index (χ1v) is 6.70. The fraction of sp³-hybridized carbons (Fsp3) is 0.357. The normalized spacial score (nSPS) is 12.1. The van der Waals surface area contributed by atoms with Crippen LogP contribution in [0.5, 0.6) is 0 Å². The second-order valence-corrected chi connectivity index (χ2v) is 4.58. The van der Waals surface area contributed by atoms with Gasteiger partial charge in [-0.2, -0.15) is 0 Å². The molecule has 2 aromatic rings. The summed E-state index contributed by atoms with van der Waals surface area (Å²) in [6.45, 7) is 2.39. The van der Waals surface area contributed by atoms with Crippen LogP contribution in [0.1, 0.15) is 41.4 Å². The van der Waals surface area contributed by atoms with Crippen molar-refractivity contribution in [3.05, 3.63) is 47.5 Å². The highest BCUT2D eigenvalue weighted by Gasteiger charge is 2.13. The molecular formula is C14H19N5O. The Morgan fingerprint density at radius 3 is 2.85 bits per heavy atom. The molecule has 1 unspecified atom stereocenters. The van der Waals surface area contributed by atoms with Crippen molar-refractivity contribution in [1.29, 1.82) is 0 Å². The van der Waals surface area contributed by atoms with Crippen molar-refractivity contribution in [2.45, 2.75) is 25.8 Å². The number of benzene rings is 1. The van der Waals surface area contributed by atoms with E-state index in [1.54, 1.807) is 0 Å². The first-order chi connectivity index (χ1) is 9.70. The minimum atomic E-state index is -0.310. The maximum Gasteiger partial charge on any atom is 0.291 e. The summed E-state index contributed by atoms with van der Waals surface area (Å²) >= 11 is 0. The number of carbonyl (C=O) groups excluding carboxylic acids is 1. The summed E-state index contributed by atoms with van der Waals surface area (Å²) < 4.78 is 0. The van der Waals surface area contributed by atoms with Crippen LogP contribution in [0.15, 0.2) is 30.3 Å². The number of rotatable bonds is 6. The number of nitrogens with zero attached hydrogens (tertiary/aromatic N) is 2. The average molecular weight is 273 g/mol. The minimum Gasteiger partial charge on any atom is -0.347 e. The number of H-pyrrole nitrogens is 1. The van der Waals surface area contributed by atoms with Crippen LogP contribution in [-0.2, 0) is 6.42 Å². The predicted octanol–water partition coefficient (Wildman–Crippen LogP) is 1.19. The van der Waals surface area contributed by atoms with Crippen molar-refractivity contribution in [2.24, 2.45) is 5.73 Å². The van der Waals surface area contributed by atoms with Crippen molar-refractivity contribution in [2.75, 3.05) is 6.54 Å². The number of amides is 1. The average Bonchev–Trinajstić information content (AvgIpc) is 2.94. The van der Waals surface area contributed by atoms with Crippen molar-refractivity contribution in [1.82, 2.24) is 20.5 Å². The quantitative estimate of drug-likeness (QED) is 0.736. The van der Waals surface area contributed by atoms with Gasteiger partial charge in [-0.3, -0.25) is 9.89 Å². The molecule has 6 heteroatoms. The Balaban J connectivity index is 1.88. The molecule has 0 spiro atoms. The minimum absolute atomic E-state index is 0.161. The molecule has 0 saturated heterocycles. The maximum atomic E-state index is 11.9. The van der Waals surface area contributed by atoms with Crippen molar-refractivity contribution in [3.63, 3.8) is 0 Å². The van der Waals surface area contributed by atoms with E-state index in [2.05, 4.69) is 20.5 Å². The Labute approximate surface area is 117 Å². The zero-order valence-electron chi connectivity index (χ0n) is 11.5. The third-order valence-electron chi connectivity index (χ3n) is 2.93. The van der Waals surface area contributed by atoms with Crippen LogP contribution in [0.25, 0.3) is 0 Å². The van der Waals surface area contributed by atoms with E-state index < -0.39 is 0 Å². The van der Waals surface area contributed by atoms with E-state index in [1.165, 1.54) is 0 Å². The number of hydrogen-bond acceptors (Lipinski definition) is 4. The van der Waals surface area contributed by atoms with Gasteiger partial charge in [-0.05, 0) is 12.0 Å². The van der Waals surface area contributed by atoms with Gasteiger partial charge in [0.25, 0.3) is 5.91 Å². The van der Waals surface area contributed by atoms with Gasteiger partial charge in [0, 0.05) is 19.0 Å². The fourth-order valence-corrected chi connectivity index (χ4v) is 1.85. The van der Waals surface area contributed by atoms with Crippen LogP contribution in [0.2, 0.25) is 0 Å². The van der Waals surface area contributed by atoms with Gasteiger partial charge in [-0.25, -0.2) is 4.98 Å². The largest absolute Gasteiger partial charge is 0.347 e.